The van der Waals surface area contributed by atoms with Gasteiger partial charge in [-0.15, -0.1) is 5.10 Å². The first-order chi connectivity index (χ1) is 8.88. The number of nitrogens with zero attached hydrogens (tertiary/aromatic N) is 3. The van der Waals surface area contributed by atoms with Crippen LogP contribution < -0.4 is 0 Å². The number of rotatable bonds is 3. The van der Waals surface area contributed by atoms with Gasteiger partial charge in [-0.05, 0) is 24.4 Å². The van der Waals surface area contributed by atoms with Crippen LogP contribution in [0.4, 0.5) is 0 Å². The summed E-state index contributed by atoms with van der Waals surface area (Å²) in [5, 5.41) is 4.23. The van der Waals surface area contributed by atoms with Crippen LogP contribution in [-0.4, -0.2) is 20.5 Å². The van der Waals surface area contributed by atoms with Crippen molar-refractivity contribution in [2.75, 3.05) is 0 Å². The summed E-state index contributed by atoms with van der Waals surface area (Å²) in [5.41, 5.74) is 0.355. The van der Waals surface area contributed by atoms with Gasteiger partial charge < -0.3 is 4.42 Å². The van der Waals surface area contributed by atoms with Crippen LogP contribution in [-0.2, 0) is 11.3 Å². The number of aromatic nitrogens is 3. The molecule has 0 aromatic carbocycles. The molecule has 0 bridgehead atoms. The van der Waals surface area contributed by atoms with Gasteiger partial charge in [0.15, 0.2) is 5.78 Å². The van der Waals surface area contributed by atoms with E-state index in [0.29, 0.717) is 5.89 Å². The summed E-state index contributed by atoms with van der Waals surface area (Å²) >= 11 is 5.08. The molecule has 6 heteroatoms. The number of hydrogen-bond donors (Lipinski definition) is 0. The van der Waals surface area contributed by atoms with Gasteiger partial charge in [-0.25, -0.2) is 4.68 Å². The van der Waals surface area contributed by atoms with E-state index in [2.05, 4.69) is 10.1 Å². The molecule has 2 rings (SSSR count). The molecule has 0 aliphatic heterocycles. The third-order valence-corrected chi connectivity index (χ3v) is 2.96. The lowest BCUT2D eigenvalue weighted by atomic mass is 9.91. The lowest BCUT2D eigenvalue weighted by Crippen LogP contribution is -2.25. The number of pyridine rings is 1. The van der Waals surface area contributed by atoms with Gasteiger partial charge in [0.1, 0.15) is 6.54 Å². The second kappa shape index (κ2) is 5.05. The van der Waals surface area contributed by atoms with Gasteiger partial charge in [-0.1, -0.05) is 20.8 Å². The summed E-state index contributed by atoms with van der Waals surface area (Å²) in [4.78, 5) is 16.1. The van der Waals surface area contributed by atoms with E-state index < -0.39 is 5.41 Å². The third-order valence-electron chi connectivity index (χ3n) is 2.66. The zero-order chi connectivity index (χ0) is 14.0. The van der Waals surface area contributed by atoms with Gasteiger partial charge in [0.05, 0.1) is 0 Å². The molecule has 100 valence electrons. The molecule has 0 aliphatic carbocycles. The first-order valence-corrected chi connectivity index (χ1v) is 6.30. The van der Waals surface area contributed by atoms with Gasteiger partial charge in [0.25, 0.3) is 4.84 Å². The Hall–Kier alpha value is -1.82. The monoisotopic (exact) mass is 277 g/mol. The normalized spacial score (nSPS) is 11.5. The fourth-order valence-corrected chi connectivity index (χ4v) is 1.57. The number of carbonyl (C=O) groups is 1. The lowest BCUT2D eigenvalue weighted by Gasteiger charge is -2.15. The number of carbonyl (C=O) groups excluding carboxylic acids is 1. The van der Waals surface area contributed by atoms with E-state index in [1.807, 2.05) is 20.8 Å². The summed E-state index contributed by atoms with van der Waals surface area (Å²) < 4.78 is 6.82. The van der Waals surface area contributed by atoms with Gasteiger partial charge in [0, 0.05) is 23.4 Å². The molecule has 0 saturated heterocycles. The Bertz CT molecular complexity index is 638. The lowest BCUT2D eigenvalue weighted by molar-refractivity contribution is -0.127. The quantitative estimate of drug-likeness (QED) is 0.807. The van der Waals surface area contributed by atoms with E-state index in [-0.39, 0.29) is 17.2 Å². The van der Waals surface area contributed by atoms with Gasteiger partial charge >= 0.3 is 0 Å². The molecular formula is C13H15N3O2S. The van der Waals surface area contributed by atoms with Crippen LogP contribution in [0.5, 0.6) is 0 Å². The molecule has 0 spiro atoms. The fraction of sp³-hybridized carbons (Fsp3) is 0.385. The van der Waals surface area contributed by atoms with Crippen molar-refractivity contribution in [3.63, 3.8) is 0 Å². The molecule has 2 heterocycles. The predicted octanol–water partition coefficient (Wildman–Crippen LogP) is 2.88. The van der Waals surface area contributed by atoms with E-state index in [4.69, 9.17) is 16.6 Å². The van der Waals surface area contributed by atoms with Crippen molar-refractivity contribution in [1.29, 1.82) is 0 Å². The van der Waals surface area contributed by atoms with Crippen molar-refractivity contribution >= 4 is 18.0 Å². The molecule has 0 saturated carbocycles. The largest absolute Gasteiger partial charge is 0.409 e. The van der Waals surface area contributed by atoms with Gasteiger partial charge in [-0.2, -0.15) is 0 Å². The highest BCUT2D eigenvalue weighted by atomic mass is 32.1. The molecule has 2 aromatic heterocycles. The maximum absolute atomic E-state index is 12.0. The van der Waals surface area contributed by atoms with Gasteiger partial charge in [-0.3, -0.25) is 9.78 Å². The summed E-state index contributed by atoms with van der Waals surface area (Å²) in [6.07, 6.45) is 3.29. The van der Waals surface area contributed by atoms with Crippen LogP contribution in [0, 0.1) is 10.3 Å². The molecule has 0 fully saturated rings. The molecule has 0 amide bonds. The molecule has 5 nitrogen and oxygen atoms in total. The van der Waals surface area contributed by atoms with Crippen LogP contribution in [0.3, 0.4) is 0 Å². The summed E-state index contributed by atoms with van der Waals surface area (Å²) in [6.45, 7) is 5.71. The number of ketones is 1. The van der Waals surface area contributed by atoms with Crippen molar-refractivity contribution in [1.82, 2.24) is 14.8 Å². The molecular weight excluding hydrogens is 262 g/mol. The second-order valence-electron chi connectivity index (χ2n) is 5.24. The minimum absolute atomic E-state index is 0.0539. The highest BCUT2D eigenvalue weighted by Gasteiger charge is 2.22. The van der Waals surface area contributed by atoms with Crippen LogP contribution in [0.15, 0.2) is 28.9 Å². The zero-order valence-corrected chi connectivity index (χ0v) is 11.9. The zero-order valence-electron chi connectivity index (χ0n) is 11.1. The Morgan fingerprint density at radius 1 is 1.37 bits per heavy atom. The predicted molar refractivity (Wildman–Crippen MR) is 73.0 cm³/mol. The van der Waals surface area contributed by atoms with Crippen molar-refractivity contribution in [2.24, 2.45) is 5.41 Å². The highest BCUT2D eigenvalue weighted by Crippen LogP contribution is 2.19. The Morgan fingerprint density at radius 2 is 2.00 bits per heavy atom. The molecule has 0 unspecified atom stereocenters. The summed E-state index contributed by atoms with van der Waals surface area (Å²) in [5.74, 6) is 0.451. The first kappa shape index (κ1) is 13.6. The second-order valence-corrected chi connectivity index (χ2v) is 5.59. The Kier molecular flexibility index (Phi) is 3.61. The van der Waals surface area contributed by atoms with Crippen molar-refractivity contribution in [2.45, 2.75) is 27.3 Å². The van der Waals surface area contributed by atoms with Crippen LogP contribution >= 0.6 is 12.2 Å². The summed E-state index contributed by atoms with van der Waals surface area (Å²) in [7, 11) is 0. The van der Waals surface area contributed by atoms with Crippen LogP contribution in [0.1, 0.15) is 20.8 Å². The van der Waals surface area contributed by atoms with E-state index in [1.165, 1.54) is 4.68 Å². The van der Waals surface area contributed by atoms with E-state index >= 15 is 0 Å². The number of Topliss-reactive ketones (excluding diaryl/α,β-unsaturated/α-hetero) is 1. The Balaban J connectivity index is 2.28. The average Bonchev–Trinajstić information content (AvgIpc) is 2.71. The molecule has 0 atom stereocenters. The van der Waals surface area contributed by atoms with E-state index in [0.717, 1.165) is 5.56 Å². The molecule has 0 N–H and O–H groups in total. The van der Waals surface area contributed by atoms with Crippen LogP contribution in [0.25, 0.3) is 11.5 Å². The van der Waals surface area contributed by atoms with Crippen molar-refractivity contribution in [3.8, 4) is 11.5 Å². The van der Waals surface area contributed by atoms with E-state index in [9.17, 15) is 4.79 Å². The molecule has 2 aromatic rings. The Labute approximate surface area is 116 Å². The first-order valence-electron chi connectivity index (χ1n) is 5.89. The Morgan fingerprint density at radius 3 is 2.58 bits per heavy atom. The van der Waals surface area contributed by atoms with E-state index in [1.54, 1.807) is 24.5 Å². The third kappa shape index (κ3) is 3.14. The van der Waals surface area contributed by atoms with Gasteiger partial charge in [0.2, 0.25) is 5.89 Å². The topological polar surface area (TPSA) is 60.9 Å². The maximum Gasteiger partial charge on any atom is 0.287 e. The maximum atomic E-state index is 12.0. The average molecular weight is 277 g/mol. The SMILES string of the molecule is CC(C)(C)C(=O)Cn1nc(-c2ccncc2)oc1=S. The minimum Gasteiger partial charge on any atom is -0.409 e. The molecule has 0 radical (unpaired) electrons. The number of hydrogen-bond acceptors (Lipinski definition) is 5. The highest BCUT2D eigenvalue weighted by molar-refractivity contribution is 7.71. The molecule has 0 aliphatic rings. The molecule has 19 heavy (non-hydrogen) atoms. The summed E-state index contributed by atoms with van der Waals surface area (Å²) in [6, 6.07) is 3.55. The van der Waals surface area contributed by atoms with Crippen molar-refractivity contribution in [3.05, 3.63) is 29.4 Å². The smallest absolute Gasteiger partial charge is 0.287 e. The van der Waals surface area contributed by atoms with Crippen LogP contribution in [0.2, 0.25) is 0 Å². The minimum atomic E-state index is -0.426. The van der Waals surface area contributed by atoms with Crippen molar-refractivity contribution < 1.29 is 9.21 Å². The standard InChI is InChI=1S/C13H15N3O2S/c1-13(2,3)10(17)8-16-12(19)18-11(15-16)9-4-6-14-7-5-9/h4-7H,8H2,1-3H3. The fourth-order valence-electron chi connectivity index (χ4n) is 1.39.